The van der Waals surface area contributed by atoms with Gasteiger partial charge in [0.15, 0.2) is 0 Å². The van der Waals surface area contributed by atoms with Gasteiger partial charge in [0.2, 0.25) is 0 Å². The lowest BCUT2D eigenvalue weighted by Gasteiger charge is -2.31. The number of fused-ring (bicyclic) bond motifs is 2. The maximum Gasteiger partial charge on any atom is 0.316 e. The third-order valence-corrected chi connectivity index (χ3v) is 7.97. The number of halogens is 1. The topological polar surface area (TPSA) is 76.3 Å². The number of amides is 1. The van der Waals surface area contributed by atoms with Crippen LogP contribution in [-0.2, 0) is 14.1 Å². The highest BCUT2D eigenvalue weighted by Gasteiger charge is 2.22. The van der Waals surface area contributed by atoms with Crippen LogP contribution in [0.15, 0.2) is 46.0 Å². The van der Waals surface area contributed by atoms with Crippen molar-refractivity contribution in [2.75, 3.05) is 23.3 Å². The highest BCUT2D eigenvalue weighted by molar-refractivity contribution is 7.21. The molecule has 0 spiro atoms. The molecule has 0 aliphatic carbocycles. The lowest BCUT2D eigenvalue weighted by molar-refractivity contribution is 0.103. The minimum absolute atomic E-state index is 0.298. The molecule has 3 heterocycles. The Kier molecular flexibility index (Phi) is 5.50. The molecule has 1 aliphatic heterocycles. The number of anilines is 2. The lowest BCUT2D eigenvalue weighted by atomic mass is 10.1. The van der Waals surface area contributed by atoms with E-state index in [1.807, 2.05) is 30.3 Å². The van der Waals surface area contributed by atoms with Crippen LogP contribution in [0.5, 0.6) is 0 Å². The monoisotopic (exact) mass is 482 g/mol. The standard InChI is InChI=1S/C24H23ClN4O3S/c1-27-17-12-15(26-22(30)21-20(25)14-8-4-5-9-19(14)33-21)16(29-10-6-3-7-11-29)13-18(17)28(2)24(32)23(27)31/h4-5,8-9,12-13H,3,6-7,10-11H2,1-2H3,(H,26,30). The summed E-state index contributed by atoms with van der Waals surface area (Å²) in [5, 5.41) is 4.32. The fourth-order valence-electron chi connectivity index (χ4n) is 4.44. The highest BCUT2D eigenvalue weighted by Crippen LogP contribution is 2.37. The average molecular weight is 483 g/mol. The average Bonchev–Trinajstić information content (AvgIpc) is 3.18. The number of hydrogen-bond acceptors (Lipinski definition) is 5. The van der Waals surface area contributed by atoms with Gasteiger partial charge in [-0.3, -0.25) is 14.4 Å². The molecular weight excluding hydrogens is 460 g/mol. The maximum absolute atomic E-state index is 13.3. The minimum Gasteiger partial charge on any atom is -0.370 e. The number of nitrogens with one attached hydrogen (secondary N) is 1. The molecule has 2 aromatic heterocycles. The van der Waals surface area contributed by atoms with E-state index in [9.17, 15) is 14.4 Å². The van der Waals surface area contributed by atoms with Gasteiger partial charge in [0.05, 0.1) is 27.4 Å². The number of hydrogen-bond donors (Lipinski definition) is 1. The third-order valence-electron chi connectivity index (χ3n) is 6.29. The molecular formula is C24H23ClN4O3S. The number of aromatic nitrogens is 2. The molecule has 170 valence electrons. The maximum atomic E-state index is 13.3. The van der Waals surface area contributed by atoms with Crippen LogP contribution in [-0.4, -0.2) is 28.1 Å². The van der Waals surface area contributed by atoms with Gasteiger partial charge in [-0.2, -0.15) is 0 Å². The summed E-state index contributed by atoms with van der Waals surface area (Å²) in [6.07, 6.45) is 3.27. The molecule has 0 unspecified atom stereocenters. The zero-order chi connectivity index (χ0) is 23.3. The summed E-state index contributed by atoms with van der Waals surface area (Å²) in [5.74, 6) is -0.298. The van der Waals surface area contributed by atoms with Gasteiger partial charge in [0.25, 0.3) is 5.91 Å². The summed E-state index contributed by atoms with van der Waals surface area (Å²) in [6, 6.07) is 11.3. The Hall–Kier alpha value is -3.10. The second kappa shape index (κ2) is 8.35. The van der Waals surface area contributed by atoms with Crippen molar-refractivity contribution in [3.8, 4) is 0 Å². The predicted molar refractivity (Wildman–Crippen MR) is 135 cm³/mol. The smallest absolute Gasteiger partial charge is 0.316 e. The van der Waals surface area contributed by atoms with Gasteiger partial charge in [-0.15, -0.1) is 11.3 Å². The van der Waals surface area contributed by atoms with E-state index in [1.54, 1.807) is 20.2 Å². The first-order chi connectivity index (χ1) is 15.9. The number of nitrogens with zero attached hydrogens (tertiary/aromatic N) is 3. The van der Waals surface area contributed by atoms with Crippen molar-refractivity contribution >= 4 is 61.3 Å². The van der Waals surface area contributed by atoms with Gasteiger partial charge >= 0.3 is 11.1 Å². The van der Waals surface area contributed by atoms with Crippen LogP contribution < -0.4 is 21.3 Å². The normalized spacial score (nSPS) is 14.2. The minimum atomic E-state index is -0.611. The fourth-order valence-corrected chi connectivity index (χ4v) is 5.86. The van der Waals surface area contributed by atoms with E-state index in [4.69, 9.17) is 11.6 Å². The number of piperidine rings is 1. The summed E-state index contributed by atoms with van der Waals surface area (Å²) in [7, 11) is 3.17. The van der Waals surface area contributed by atoms with Gasteiger partial charge < -0.3 is 19.4 Å². The Balaban J connectivity index is 1.66. The molecule has 1 fully saturated rings. The summed E-state index contributed by atoms with van der Waals surface area (Å²) in [6.45, 7) is 1.72. The van der Waals surface area contributed by atoms with Crippen LogP contribution in [0.4, 0.5) is 11.4 Å². The van der Waals surface area contributed by atoms with Crippen molar-refractivity contribution in [1.82, 2.24) is 9.13 Å². The number of carbonyl (C=O) groups is 1. The number of thiophene rings is 1. The predicted octanol–water partition coefficient (Wildman–Crippen LogP) is 4.35. The van der Waals surface area contributed by atoms with E-state index >= 15 is 0 Å². The van der Waals surface area contributed by atoms with Crippen molar-refractivity contribution < 1.29 is 4.79 Å². The van der Waals surface area contributed by atoms with Gasteiger partial charge in [0.1, 0.15) is 4.88 Å². The summed E-state index contributed by atoms with van der Waals surface area (Å²) < 4.78 is 3.65. The zero-order valence-electron chi connectivity index (χ0n) is 18.4. The first-order valence-electron chi connectivity index (χ1n) is 10.8. The van der Waals surface area contributed by atoms with E-state index in [2.05, 4.69) is 10.2 Å². The molecule has 0 atom stereocenters. The van der Waals surface area contributed by atoms with Crippen LogP contribution in [0.2, 0.25) is 5.02 Å². The number of carbonyl (C=O) groups excluding carboxylic acids is 1. The molecule has 2 aromatic carbocycles. The van der Waals surface area contributed by atoms with Crippen molar-refractivity contribution in [2.45, 2.75) is 19.3 Å². The quantitative estimate of drug-likeness (QED) is 0.440. The van der Waals surface area contributed by atoms with Crippen LogP contribution in [0.3, 0.4) is 0 Å². The summed E-state index contributed by atoms with van der Waals surface area (Å²) in [4.78, 5) is 40.8. The second-order valence-electron chi connectivity index (χ2n) is 8.33. The van der Waals surface area contributed by atoms with Crippen molar-refractivity contribution in [3.63, 3.8) is 0 Å². The fraction of sp³-hybridized carbons (Fsp3) is 0.292. The molecule has 9 heteroatoms. The van der Waals surface area contributed by atoms with Gasteiger partial charge in [-0.25, -0.2) is 0 Å². The number of aryl methyl sites for hydroxylation is 2. The molecule has 1 N–H and O–H groups in total. The summed E-state index contributed by atoms with van der Waals surface area (Å²) >= 11 is 7.89. The molecule has 1 amide bonds. The van der Waals surface area contributed by atoms with Gasteiger partial charge in [0, 0.05) is 37.3 Å². The molecule has 33 heavy (non-hydrogen) atoms. The van der Waals surface area contributed by atoms with Gasteiger partial charge in [-0.1, -0.05) is 29.8 Å². The van der Waals surface area contributed by atoms with E-state index in [0.29, 0.717) is 26.6 Å². The molecule has 7 nitrogen and oxygen atoms in total. The molecule has 0 radical (unpaired) electrons. The number of rotatable bonds is 3. The molecule has 5 rings (SSSR count). The SMILES string of the molecule is Cn1c(=O)c(=O)n(C)c2cc(N3CCCCC3)c(NC(=O)c3sc4ccccc4c3Cl)cc21. The van der Waals surface area contributed by atoms with E-state index in [1.165, 1.54) is 20.5 Å². The largest absolute Gasteiger partial charge is 0.370 e. The Bertz CT molecular complexity index is 1530. The van der Waals surface area contributed by atoms with E-state index in [0.717, 1.165) is 48.1 Å². The Morgan fingerprint density at radius 2 is 1.61 bits per heavy atom. The van der Waals surface area contributed by atoms with E-state index < -0.39 is 11.1 Å². The molecule has 4 aromatic rings. The Morgan fingerprint density at radius 1 is 0.970 bits per heavy atom. The van der Waals surface area contributed by atoms with Crippen LogP contribution >= 0.6 is 22.9 Å². The first kappa shape index (κ1) is 21.7. The molecule has 0 bridgehead atoms. The van der Waals surface area contributed by atoms with Gasteiger partial charge in [-0.05, 0) is 37.5 Å². The van der Waals surface area contributed by atoms with Crippen LogP contribution in [0.25, 0.3) is 21.1 Å². The molecule has 0 saturated carbocycles. The van der Waals surface area contributed by atoms with Crippen LogP contribution in [0.1, 0.15) is 28.9 Å². The summed E-state index contributed by atoms with van der Waals surface area (Å²) in [5.41, 5.74) is 1.45. The lowest BCUT2D eigenvalue weighted by Crippen LogP contribution is -2.39. The highest BCUT2D eigenvalue weighted by atomic mass is 35.5. The third kappa shape index (κ3) is 3.63. The molecule has 1 saturated heterocycles. The zero-order valence-corrected chi connectivity index (χ0v) is 19.9. The Morgan fingerprint density at radius 3 is 2.27 bits per heavy atom. The molecule has 1 aliphatic rings. The van der Waals surface area contributed by atoms with Crippen LogP contribution in [0, 0.1) is 0 Å². The Labute approximate surface area is 198 Å². The second-order valence-corrected chi connectivity index (χ2v) is 9.76. The van der Waals surface area contributed by atoms with E-state index in [-0.39, 0.29) is 5.91 Å². The van der Waals surface area contributed by atoms with Crippen molar-refractivity contribution in [1.29, 1.82) is 0 Å². The first-order valence-corrected chi connectivity index (χ1v) is 12.0. The van der Waals surface area contributed by atoms with Crippen molar-refractivity contribution in [2.24, 2.45) is 14.1 Å². The van der Waals surface area contributed by atoms with Crippen molar-refractivity contribution in [3.05, 3.63) is 67.0 Å². The number of benzene rings is 2.